The van der Waals surface area contributed by atoms with Crippen molar-refractivity contribution in [2.45, 2.75) is 13.5 Å². The molecule has 0 aliphatic heterocycles. The number of carbonyl (C=O) groups excluding carboxylic acids is 1. The molecule has 3 rings (SSSR count). The number of hydrogen-bond acceptors (Lipinski definition) is 3. The molecule has 0 aliphatic carbocycles. The van der Waals surface area contributed by atoms with Gasteiger partial charge in [0.05, 0.1) is 10.6 Å². The number of aromatic nitrogens is 1. The van der Waals surface area contributed by atoms with Gasteiger partial charge >= 0.3 is 0 Å². The molecular formula is C18H16N2OS. The van der Waals surface area contributed by atoms with Crippen molar-refractivity contribution in [1.82, 2.24) is 10.3 Å². The summed E-state index contributed by atoms with van der Waals surface area (Å²) in [6, 6.07) is 15.8. The maximum atomic E-state index is 12.1. The van der Waals surface area contributed by atoms with Gasteiger partial charge in [0.15, 0.2) is 0 Å². The Hall–Kier alpha value is -2.46. The number of nitrogens with one attached hydrogen (secondary N) is 1. The van der Waals surface area contributed by atoms with Crippen LogP contribution < -0.4 is 5.32 Å². The first-order valence-corrected chi connectivity index (χ1v) is 7.94. The average Bonchev–Trinajstić information content (AvgIpc) is 3.08. The van der Waals surface area contributed by atoms with Gasteiger partial charge in [-0.25, -0.2) is 0 Å². The molecule has 110 valence electrons. The minimum atomic E-state index is -0.0475. The van der Waals surface area contributed by atoms with Crippen molar-refractivity contribution in [2.75, 3.05) is 0 Å². The first kappa shape index (κ1) is 14.5. The molecule has 0 spiro atoms. The normalized spacial score (nSPS) is 10.4. The van der Waals surface area contributed by atoms with Gasteiger partial charge in [0, 0.05) is 18.3 Å². The Morgan fingerprint density at radius 1 is 1.14 bits per heavy atom. The standard InChI is InChI=1S/C18H16N2OS/c1-13-6-8-14(9-7-13)17-15(4-2-10-19-17)12-20-18(21)16-5-3-11-22-16/h2-11H,12H2,1H3,(H,20,21). The fourth-order valence-corrected chi connectivity index (χ4v) is 2.86. The van der Waals surface area contributed by atoms with Crippen molar-refractivity contribution < 1.29 is 4.79 Å². The number of aryl methyl sites for hydroxylation is 1. The van der Waals surface area contributed by atoms with Gasteiger partial charge in [-0.05, 0) is 30.0 Å². The van der Waals surface area contributed by atoms with Crippen molar-refractivity contribution in [3.8, 4) is 11.3 Å². The zero-order valence-corrected chi connectivity index (χ0v) is 13.1. The summed E-state index contributed by atoms with van der Waals surface area (Å²) >= 11 is 1.44. The molecule has 3 aromatic rings. The average molecular weight is 308 g/mol. The van der Waals surface area contributed by atoms with Crippen LogP contribution in [0.25, 0.3) is 11.3 Å². The van der Waals surface area contributed by atoms with E-state index in [9.17, 15) is 4.79 Å². The molecule has 2 heterocycles. The lowest BCUT2D eigenvalue weighted by Crippen LogP contribution is -2.22. The van der Waals surface area contributed by atoms with E-state index in [4.69, 9.17) is 0 Å². The van der Waals surface area contributed by atoms with Crippen molar-refractivity contribution in [2.24, 2.45) is 0 Å². The van der Waals surface area contributed by atoms with Gasteiger partial charge in [-0.3, -0.25) is 9.78 Å². The molecular weight excluding hydrogens is 292 g/mol. The summed E-state index contributed by atoms with van der Waals surface area (Å²) in [7, 11) is 0. The van der Waals surface area contributed by atoms with E-state index < -0.39 is 0 Å². The molecule has 0 saturated heterocycles. The van der Waals surface area contributed by atoms with Gasteiger partial charge in [0.2, 0.25) is 0 Å². The number of carbonyl (C=O) groups is 1. The van der Waals surface area contributed by atoms with Crippen molar-refractivity contribution >= 4 is 17.2 Å². The molecule has 1 amide bonds. The first-order valence-electron chi connectivity index (χ1n) is 7.06. The second kappa shape index (κ2) is 6.54. The number of benzene rings is 1. The molecule has 1 N–H and O–H groups in total. The van der Waals surface area contributed by atoms with E-state index in [-0.39, 0.29) is 5.91 Å². The number of pyridine rings is 1. The SMILES string of the molecule is Cc1ccc(-c2ncccc2CNC(=O)c2cccs2)cc1. The Labute approximate surface area is 133 Å². The Kier molecular flexibility index (Phi) is 4.30. The third-order valence-electron chi connectivity index (χ3n) is 3.40. The molecule has 0 atom stereocenters. The highest BCUT2D eigenvalue weighted by Crippen LogP contribution is 2.21. The molecule has 0 saturated carbocycles. The third kappa shape index (κ3) is 3.23. The predicted molar refractivity (Wildman–Crippen MR) is 89.9 cm³/mol. The predicted octanol–water partition coefficient (Wildman–Crippen LogP) is 4.05. The van der Waals surface area contributed by atoms with Crippen LogP contribution in [-0.4, -0.2) is 10.9 Å². The van der Waals surface area contributed by atoms with E-state index in [2.05, 4.69) is 41.5 Å². The topological polar surface area (TPSA) is 42.0 Å². The highest BCUT2D eigenvalue weighted by Gasteiger charge is 2.09. The molecule has 4 heteroatoms. The summed E-state index contributed by atoms with van der Waals surface area (Å²) in [6.07, 6.45) is 1.78. The van der Waals surface area contributed by atoms with E-state index >= 15 is 0 Å². The van der Waals surface area contributed by atoms with Gasteiger partial charge in [0.25, 0.3) is 5.91 Å². The summed E-state index contributed by atoms with van der Waals surface area (Å²) in [5, 5.41) is 4.85. The Morgan fingerprint density at radius 2 is 1.95 bits per heavy atom. The Balaban J connectivity index is 1.80. The van der Waals surface area contributed by atoms with Crippen LogP contribution in [0.2, 0.25) is 0 Å². The molecule has 0 aliphatic rings. The van der Waals surface area contributed by atoms with Crippen LogP contribution in [0.4, 0.5) is 0 Å². The summed E-state index contributed by atoms with van der Waals surface area (Å²) < 4.78 is 0. The lowest BCUT2D eigenvalue weighted by Gasteiger charge is -2.10. The highest BCUT2D eigenvalue weighted by atomic mass is 32.1. The number of hydrogen-bond donors (Lipinski definition) is 1. The molecule has 0 unspecified atom stereocenters. The summed E-state index contributed by atoms with van der Waals surface area (Å²) in [5.74, 6) is -0.0475. The minimum Gasteiger partial charge on any atom is -0.347 e. The fraction of sp³-hybridized carbons (Fsp3) is 0.111. The maximum absolute atomic E-state index is 12.1. The van der Waals surface area contributed by atoms with Crippen LogP contribution in [0, 0.1) is 6.92 Å². The van der Waals surface area contributed by atoms with Gasteiger partial charge in [-0.15, -0.1) is 11.3 Å². The number of amides is 1. The van der Waals surface area contributed by atoms with Crippen molar-refractivity contribution in [1.29, 1.82) is 0 Å². The van der Waals surface area contributed by atoms with Crippen molar-refractivity contribution in [3.05, 3.63) is 76.1 Å². The van der Waals surface area contributed by atoms with E-state index in [0.717, 1.165) is 21.7 Å². The third-order valence-corrected chi connectivity index (χ3v) is 4.27. The molecule has 2 aromatic heterocycles. The molecule has 1 aromatic carbocycles. The van der Waals surface area contributed by atoms with E-state index in [1.807, 2.05) is 29.6 Å². The largest absolute Gasteiger partial charge is 0.347 e. The van der Waals surface area contributed by atoms with Crippen LogP contribution in [0.5, 0.6) is 0 Å². The monoisotopic (exact) mass is 308 g/mol. The minimum absolute atomic E-state index is 0.0475. The summed E-state index contributed by atoms with van der Waals surface area (Å²) in [6.45, 7) is 2.53. The van der Waals surface area contributed by atoms with Crippen LogP contribution in [0.15, 0.2) is 60.1 Å². The lowest BCUT2D eigenvalue weighted by molar-refractivity contribution is 0.0955. The first-order chi connectivity index (χ1) is 10.7. The zero-order valence-electron chi connectivity index (χ0n) is 12.2. The molecule has 0 radical (unpaired) electrons. The van der Waals surface area contributed by atoms with Gasteiger partial charge in [-0.1, -0.05) is 42.0 Å². The van der Waals surface area contributed by atoms with E-state index in [1.165, 1.54) is 16.9 Å². The lowest BCUT2D eigenvalue weighted by atomic mass is 10.0. The highest BCUT2D eigenvalue weighted by molar-refractivity contribution is 7.12. The van der Waals surface area contributed by atoms with Crippen LogP contribution in [0.1, 0.15) is 20.8 Å². The van der Waals surface area contributed by atoms with Gasteiger partial charge < -0.3 is 5.32 Å². The Bertz CT molecular complexity index is 764. The van der Waals surface area contributed by atoms with E-state index in [1.54, 1.807) is 6.20 Å². The second-order valence-electron chi connectivity index (χ2n) is 5.04. The van der Waals surface area contributed by atoms with Crippen LogP contribution >= 0.6 is 11.3 Å². The van der Waals surface area contributed by atoms with Crippen LogP contribution in [0.3, 0.4) is 0 Å². The van der Waals surface area contributed by atoms with Gasteiger partial charge in [-0.2, -0.15) is 0 Å². The second-order valence-corrected chi connectivity index (χ2v) is 5.98. The summed E-state index contributed by atoms with van der Waals surface area (Å²) in [5.41, 5.74) is 4.20. The Morgan fingerprint density at radius 3 is 2.68 bits per heavy atom. The quantitative estimate of drug-likeness (QED) is 0.790. The number of thiophene rings is 1. The molecule has 22 heavy (non-hydrogen) atoms. The number of nitrogens with zero attached hydrogens (tertiary/aromatic N) is 1. The molecule has 0 bridgehead atoms. The molecule has 3 nitrogen and oxygen atoms in total. The maximum Gasteiger partial charge on any atom is 0.261 e. The van der Waals surface area contributed by atoms with Crippen molar-refractivity contribution in [3.63, 3.8) is 0 Å². The smallest absolute Gasteiger partial charge is 0.261 e. The molecule has 0 fully saturated rings. The number of rotatable bonds is 4. The fourth-order valence-electron chi connectivity index (χ4n) is 2.22. The summed E-state index contributed by atoms with van der Waals surface area (Å²) in [4.78, 5) is 17.2. The van der Waals surface area contributed by atoms with Crippen LogP contribution in [-0.2, 0) is 6.54 Å². The van der Waals surface area contributed by atoms with Gasteiger partial charge in [0.1, 0.15) is 0 Å². The zero-order chi connectivity index (χ0) is 15.4. The van der Waals surface area contributed by atoms with E-state index in [0.29, 0.717) is 6.54 Å².